The summed E-state index contributed by atoms with van der Waals surface area (Å²) in [5, 5.41) is 14.1. The third-order valence-electron chi connectivity index (χ3n) is 4.50. The molecule has 150 valence electrons. The number of carbonyl (C=O) groups is 1. The Kier molecular flexibility index (Phi) is 7.51. The molecule has 3 N–H and O–H groups in total. The van der Waals surface area contributed by atoms with Gasteiger partial charge in [0.25, 0.3) is 0 Å². The van der Waals surface area contributed by atoms with Crippen LogP contribution in [0.4, 0.5) is 22.1 Å². The molecule has 0 radical (unpaired) electrons. The van der Waals surface area contributed by atoms with E-state index in [0.29, 0.717) is 17.3 Å². The fourth-order valence-electron chi connectivity index (χ4n) is 3.09. The van der Waals surface area contributed by atoms with Crippen LogP contribution in [0.15, 0.2) is 61.1 Å². The van der Waals surface area contributed by atoms with E-state index in [4.69, 9.17) is 5.11 Å². The summed E-state index contributed by atoms with van der Waals surface area (Å²) in [7, 11) is 0. The van der Waals surface area contributed by atoms with Crippen molar-refractivity contribution in [3.63, 3.8) is 0 Å². The number of pyridine rings is 1. The highest BCUT2D eigenvalue weighted by Crippen LogP contribution is 2.21. The van der Waals surface area contributed by atoms with Crippen LogP contribution in [-0.2, 0) is 0 Å². The van der Waals surface area contributed by atoms with Crippen LogP contribution in [0, 0.1) is 0 Å². The summed E-state index contributed by atoms with van der Waals surface area (Å²) in [6.07, 6.45) is 12.9. The van der Waals surface area contributed by atoms with E-state index in [-0.39, 0.29) is 0 Å². The van der Waals surface area contributed by atoms with E-state index in [2.05, 4.69) is 25.6 Å². The molecule has 0 bridgehead atoms. The van der Waals surface area contributed by atoms with Gasteiger partial charge in [0.05, 0.1) is 5.69 Å². The Bertz CT molecular complexity index is 902. The zero-order chi connectivity index (χ0) is 20.3. The quantitative estimate of drug-likeness (QED) is 0.526. The highest BCUT2D eigenvalue weighted by Gasteiger charge is 2.04. The zero-order valence-corrected chi connectivity index (χ0v) is 16.2. The predicted molar refractivity (Wildman–Crippen MR) is 114 cm³/mol. The van der Waals surface area contributed by atoms with E-state index < -0.39 is 6.09 Å². The molecule has 2 aromatic heterocycles. The fraction of sp³-hybridized carbons (Fsp3) is 0.273. The first-order valence-electron chi connectivity index (χ1n) is 9.81. The maximum absolute atomic E-state index is 10.7. The van der Waals surface area contributed by atoms with Crippen LogP contribution in [0.5, 0.6) is 0 Å². The van der Waals surface area contributed by atoms with Gasteiger partial charge >= 0.3 is 6.09 Å². The van der Waals surface area contributed by atoms with Gasteiger partial charge in [0.1, 0.15) is 0 Å². The average molecular weight is 391 g/mol. The van der Waals surface area contributed by atoms with Crippen molar-refractivity contribution in [2.75, 3.05) is 10.6 Å². The Hall–Kier alpha value is -3.48. The number of amides is 1. The summed E-state index contributed by atoms with van der Waals surface area (Å²) < 4.78 is 0. The molecule has 0 aliphatic heterocycles. The molecule has 4 rings (SSSR count). The number of anilines is 3. The van der Waals surface area contributed by atoms with Crippen molar-refractivity contribution in [2.24, 2.45) is 0 Å². The molecule has 29 heavy (non-hydrogen) atoms. The summed E-state index contributed by atoms with van der Waals surface area (Å²) in [6, 6.07) is 12.4. The van der Waals surface area contributed by atoms with Crippen molar-refractivity contribution in [2.45, 2.75) is 38.5 Å². The van der Waals surface area contributed by atoms with Gasteiger partial charge in [0.2, 0.25) is 5.95 Å². The van der Waals surface area contributed by atoms with E-state index in [1.54, 1.807) is 42.9 Å². The molecule has 1 amide bonds. The van der Waals surface area contributed by atoms with E-state index in [1.807, 2.05) is 18.2 Å². The summed E-state index contributed by atoms with van der Waals surface area (Å²) in [4.78, 5) is 23.3. The molecule has 0 atom stereocenters. The molecule has 7 heteroatoms. The van der Waals surface area contributed by atoms with E-state index in [0.717, 1.165) is 11.3 Å². The van der Waals surface area contributed by atoms with Crippen molar-refractivity contribution in [1.82, 2.24) is 15.0 Å². The summed E-state index contributed by atoms with van der Waals surface area (Å²) in [6.45, 7) is 0. The zero-order valence-electron chi connectivity index (χ0n) is 16.2. The van der Waals surface area contributed by atoms with Gasteiger partial charge in [-0.1, -0.05) is 44.6 Å². The summed E-state index contributed by atoms with van der Waals surface area (Å²) >= 11 is 0. The molecule has 1 aliphatic carbocycles. The van der Waals surface area contributed by atoms with Crippen molar-refractivity contribution >= 4 is 23.4 Å². The van der Waals surface area contributed by atoms with Gasteiger partial charge in [0.15, 0.2) is 0 Å². The minimum atomic E-state index is -1.11. The lowest BCUT2D eigenvalue weighted by Gasteiger charge is -2.08. The number of nitrogens with zero attached hydrogens (tertiary/aromatic N) is 3. The first-order valence-corrected chi connectivity index (χ1v) is 9.81. The molecule has 0 unspecified atom stereocenters. The molecule has 3 aromatic rings. The maximum Gasteiger partial charge on any atom is 0.409 e. The van der Waals surface area contributed by atoms with Gasteiger partial charge < -0.3 is 10.4 Å². The van der Waals surface area contributed by atoms with Gasteiger partial charge in [-0.05, 0) is 36.4 Å². The largest absolute Gasteiger partial charge is 0.465 e. The third kappa shape index (κ3) is 6.88. The molecular formula is C22H25N5O2. The SMILES string of the molecule is C1CCCCC1.O=C(O)Nc1cccc(Nc2nccc(-c3ccncc3)n2)c1. The van der Waals surface area contributed by atoms with Crippen LogP contribution in [0.1, 0.15) is 38.5 Å². The fourth-order valence-corrected chi connectivity index (χ4v) is 3.09. The lowest BCUT2D eigenvalue weighted by molar-refractivity contribution is 0.210. The Morgan fingerprint density at radius 1 is 0.862 bits per heavy atom. The van der Waals surface area contributed by atoms with Gasteiger partial charge in [-0.15, -0.1) is 0 Å². The minimum Gasteiger partial charge on any atom is -0.465 e. The molecule has 2 heterocycles. The molecule has 0 spiro atoms. The van der Waals surface area contributed by atoms with Gasteiger partial charge in [-0.3, -0.25) is 10.3 Å². The molecule has 1 saturated carbocycles. The van der Waals surface area contributed by atoms with Crippen molar-refractivity contribution in [3.05, 3.63) is 61.1 Å². The van der Waals surface area contributed by atoms with Crippen LogP contribution in [-0.4, -0.2) is 26.2 Å². The molecule has 1 aromatic carbocycles. The van der Waals surface area contributed by atoms with Gasteiger partial charge in [0, 0.05) is 35.5 Å². The maximum atomic E-state index is 10.7. The lowest BCUT2D eigenvalue weighted by Crippen LogP contribution is -2.07. The molecule has 1 aliphatic rings. The van der Waals surface area contributed by atoms with Crippen LogP contribution in [0.25, 0.3) is 11.3 Å². The number of hydrogen-bond acceptors (Lipinski definition) is 5. The van der Waals surface area contributed by atoms with Crippen LogP contribution < -0.4 is 10.6 Å². The Morgan fingerprint density at radius 2 is 1.52 bits per heavy atom. The average Bonchev–Trinajstić information content (AvgIpc) is 2.76. The predicted octanol–water partition coefficient (Wildman–Crippen LogP) is 5.71. The Morgan fingerprint density at radius 3 is 2.17 bits per heavy atom. The second-order valence-corrected chi connectivity index (χ2v) is 6.76. The second kappa shape index (κ2) is 10.8. The first kappa shape index (κ1) is 20.3. The number of hydrogen-bond donors (Lipinski definition) is 3. The Balaban J connectivity index is 0.000000343. The van der Waals surface area contributed by atoms with Crippen molar-refractivity contribution < 1.29 is 9.90 Å². The van der Waals surface area contributed by atoms with Crippen LogP contribution in [0.3, 0.4) is 0 Å². The molecular weight excluding hydrogens is 366 g/mol. The highest BCUT2D eigenvalue weighted by molar-refractivity contribution is 5.83. The van der Waals surface area contributed by atoms with Crippen LogP contribution in [0.2, 0.25) is 0 Å². The third-order valence-corrected chi connectivity index (χ3v) is 4.50. The lowest BCUT2D eigenvalue weighted by atomic mass is 10.0. The number of carboxylic acid groups (broad SMARTS) is 1. The molecule has 1 fully saturated rings. The number of nitrogens with one attached hydrogen (secondary N) is 2. The first-order chi connectivity index (χ1) is 14.2. The summed E-state index contributed by atoms with van der Waals surface area (Å²) in [5.74, 6) is 0.423. The highest BCUT2D eigenvalue weighted by atomic mass is 16.4. The number of aromatic nitrogens is 3. The smallest absolute Gasteiger partial charge is 0.409 e. The van der Waals surface area contributed by atoms with E-state index >= 15 is 0 Å². The topological polar surface area (TPSA) is 100 Å². The monoisotopic (exact) mass is 391 g/mol. The van der Waals surface area contributed by atoms with Crippen molar-refractivity contribution in [3.8, 4) is 11.3 Å². The van der Waals surface area contributed by atoms with Gasteiger partial charge in [-0.25, -0.2) is 14.8 Å². The Labute approximate surface area is 170 Å². The van der Waals surface area contributed by atoms with Crippen molar-refractivity contribution in [1.29, 1.82) is 0 Å². The second-order valence-electron chi connectivity index (χ2n) is 6.76. The summed E-state index contributed by atoms with van der Waals surface area (Å²) in [5.41, 5.74) is 2.85. The normalized spacial score (nSPS) is 13.0. The van der Waals surface area contributed by atoms with Crippen LogP contribution >= 0.6 is 0 Å². The number of rotatable bonds is 4. The molecule has 0 saturated heterocycles. The van der Waals surface area contributed by atoms with E-state index in [9.17, 15) is 4.79 Å². The van der Waals surface area contributed by atoms with E-state index in [1.165, 1.54) is 38.5 Å². The molecule has 7 nitrogen and oxygen atoms in total. The minimum absolute atomic E-state index is 0.423. The van der Waals surface area contributed by atoms with Gasteiger partial charge in [-0.2, -0.15) is 0 Å². The number of benzene rings is 1. The standard InChI is InChI=1S/C16H13N5O2.C6H12/c22-16(23)20-13-3-1-2-12(10-13)19-15-18-9-6-14(21-15)11-4-7-17-8-5-11;1-2-4-6-5-3-1/h1-10,20H,(H,22,23)(H,18,19,21);1-6H2.